The summed E-state index contributed by atoms with van der Waals surface area (Å²) in [5, 5.41) is 10.8. The predicted octanol–water partition coefficient (Wildman–Crippen LogP) is 2.57. The first kappa shape index (κ1) is 20.0. The number of halogens is 3. The van der Waals surface area contributed by atoms with E-state index < -0.39 is 41.3 Å². The standard InChI is InChI=1S/C15H18F3NO5/c1-23-14(24-2)13(8-19(21)22)11(9-20)6-10-4-3-5-12(7-10)15(16,17)18/h3-5,7,9,11,13-14H,6,8H2,1-2H3/t11-,13+/m0/s1. The van der Waals surface area contributed by atoms with Crippen LogP contribution in [0.5, 0.6) is 0 Å². The van der Waals surface area contributed by atoms with Gasteiger partial charge in [0.25, 0.3) is 0 Å². The maximum Gasteiger partial charge on any atom is 0.416 e. The topological polar surface area (TPSA) is 78.7 Å². The summed E-state index contributed by atoms with van der Waals surface area (Å²) >= 11 is 0. The van der Waals surface area contributed by atoms with E-state index in [1.165, 1.54) is 26.4 Å². The minimum atomic E-state index is -4.51. The van der Waals surface area contributed by atoms with Gasteiger partial charge in [-0.3, -0.25) is 10.1 Å². The molecule has 1 aromatic rings. The number of rotatable bonds is 9. The third-order valence-corrected chi connectivity index (χ3v) is 3.62. The van der Waals surface area contributed by atoms with Gasteiger partial charge in [-0.25, -0.2) is 0 Å². The van der Waals surface area contributed by atoms with E-state index in [-0.39, 0.29) is 12.0 Å². The van der Waals surface area contributed by atoms with E-state index in [0.717, 1.165) is 12.1 Å². The van der Waals surface area contributed by atoms with Gasteiger partial charge in [0.1, 0.15) is 6.29 Å². The van der Waals surface area contributed by atoms with Crippen molar-refractivity contribution in [2.24, 2.45) is 11.8 Å². The quantitative estimate of drug-likeness (QED) is 0.296. The van der Waals surface area contributed by atoms with Crippen LogP contribution in [0.2, 0.25) is 0 Å². The molecule has 6 nitrogen and oxygen atoms in total. The molecule has 0 amide bonds. The minimum absolute atomic E-state index is 0.0881. The highest BCUT2D eigenvalue weighted by Crippen LogP contribution is 2.30. The minimum Gasteiger partial charge on any atom is -0.355 e. The first-order valence-corrected chi connectivity index (χ1v) is 7.01. The Labute approximate surface area is 136 Å². The Morgan fingerprint density at radius 3 is 2.38 bits per heavy atom. The van der Waals surface area contributed by atoms with Gasteiger partial charge in [-0.1, -0.05) is 18.2 Å². The number of carbonyl (C=O) groups is 1. The molecule has 24 heavy (non-hydrogen) atoms. The van der Waals surface area contributed by atoms with Gasteiger partial charge in [0, 0.05) is 25.1 Å². The van der Waals surface area contributed by atoms with Gasteiger partial charge >= 0.3 is 6.18 Å². The highest BCUT2D eigenvalue weighted by Gasteiger charge is 2.35. The first-order valence-electron chi connectivity index (χ1n) is 7.01. The number of aldehydes is 1. The van der Waals surface area contributed by atoms with Crippen molar-refractivity contribution >= 4 is 6.29 Å². The van der Waals surface area contributed by atoms with E-state index in [0.29, 0.717) is 6.29 Å². The van der Waals surface area contributed by atoms with Gasteiger partial charge in [0.2, 0.25) is 6.54 Å². The van der Waals surface area contributed by atoms with Gasteiger partial charge < -0.3 is 14.3 Å². The molecule has 9 heteroatoms. The van der Waals surface area contributed by atoms with Crippen LogP contribution >= 0.6 is 0 Å². The van der Waals surface area contributed by atoms with Crippen LogP contribution in [0.15, 0.2) is 24.3 Å². The molecule has 0 aliphatic heterocycles. The maximum absolute atomic E-state index is 12.8. The van der Waals surface area contributed by atoms with Crippen LogP contribution in [0.4, 0.5) is 13.2 Å². The molecule has 134 valence electrons. The average Bonchev–Trinajstić information content (AvgIpc) is 2.52. The van der Waals surface area contributed by atoms with Crippen molar-refractivity contribution in [3.8, 4) is 0 Å². The summed E-state index contributed by atoms with van der Waals surface area (Å²) < 4.78 is 48.3. The lowest BCUT2D eigenvalue weighted by molar-refractivity contribution is -0.495. The molecule has 0 saturated carbocycles. The van der Waals surface area contributed by atoms with Crippen LogP contribution in [0.3, 0.4) is 0 Å². The zero-order chi connectivity index (χ0) is 18.3. The average molecular weight is 349 g/mol. The van der Waals surface area contributed by atoms with Crippen LogP contribution in [-0.4, -0.2) is 38.3 Å². The van der Waals surface area contributed by atoms with Gasteiger partial charge in [0.15, 0.2) is 6.29 Å². The molecule has 0 aromatic heterocycles. The molecule has 0 spiro atoms. The summed E-state index contributed by atoms with van der Waals surface area (Å²) in [6, 6.07) is 4.51. The number of nitro groups is 1. The Morgan fingerprint density at radius 1 is 1.29 bits per heavy atom. The van der Waals surface area contributed by atoms with E-state index in [4.69, 9.17) is 9.47 Å². The van der Waals surface area contributed by atoms with E-state index in [1.54, 1.807) is 0 Å². The molecule has 0 aliphatic carbocycles. The summed E-state index contributed by atoms with van der Waals surface area (Å²) in [6.07, 6.45) is -5.13. The van der Waals surface area contributed by atoms with Gasteiger partial charge in [-0.15, -0.1) is 0 Å². The van der Waals surface area contributed by atoms with E-state index in [1.807, 2.05) is 0 Å². The zero-order valence-corrected chi connectivity index (χ0v) is 13.2. The van der Waals surface area contributed by atoms with Crippen LogP contribution in [0, 0.1) is 22.0 Å². The van der Waals surface area contributed by atoms with Crippen molar-refractivity contribution in [1.29, 1.82) is 0 Å². The second-order valence-corrected chi connectivity index (χ2v) is 5.22. The lowest BCUT2D eigenvalue weighted by Crippen LogP contribution is -2.38. The summed E-state index contributed by atoms with van der Waals surface area (Å²) in [7, 11) is 2.54. The first-order chi connectivity index (χ1) is 11.2. The number of benzene rings is 1. The fourth-order valence-corrected chi connectivity index (χ4v) is 2.49. The van der Waals surface area contributed by atoms with Crippen molar-refractivity contribution < 1.29 is 32.4 Å². The molecule has 0 fully saturated rings. The predicted molar refractivity (Wildman–Crippen MR) is 77.9 cm³/mol. The summed E-state index contributed by atoms with van der Waals surface area (Å²) in [5.41, 5.74) is -0.591. The fourth-order valence-electron chi connectivity index (χ4n) is 2.49. The summed E-state index contributed by atoms with van der Waals surface area (Å²) in [4.78, 5) is 21.6. The van der Waals surface area contributed by atoms with Crippen molar-refractivity contribution in [3.63, 3.8) is 0 Å². The molecule has 1 rings (SSSR count). The Kier molecular flexibility index (Phi) is 7.30. The number of methoxy groups -OCH3 is 2. The van der Waals surface area contributed by atoms with Crippen LogP contribution in [0.25, 0.3) is 0 Å². The fraction of sp³-hybridized carbons (Fsp3) is 0.533. The van der Waals surface area contributed by atoms with Crippen molar-refractivity contribution in [2.45, 2.75) is 18.9 Å². The molecule has 0 heterocycles. The molecule has 0 bridgehead atoms. The van der Waals surface area contributed by atoms with Crippen molar-refractivity contribution in [2.75, 3.05) is 20.8 Å². The lowest BCUT2D eigenvalue weighted by atomic mass is 9.86. The molecule has 1 aromatic carbocycles. The Morgan fingerprint density at radius 2 is 1.92 bits per heavy atom. The number of ether oxygens (including phenoxy) is 2. The second kappa shape index (κ2) is 8.74. The van der Waals surface area contributed by atoms with E-state index in [2.05, 4.69) is 0 Å². The number of alkyl halides is 3. The van der Waals surface area contributed by atoms with Gasteiger partial charge in [-0.2, -0.15) is 13.2 Å². The third kappa shape index (κ3) is 5.57. The molecule has 0 saturated heterocycles. The number of carbonyl (C=O) groups excluding carboxylic acids is 1. The van der Waals surface area contributed by atoms with Crippen LogP contribution in [0.1, 0.15) is 11.1 Å². The summed E-state index contributed by atoms with van der Waals surface area (Å²) in [6.45, 7) is -0.602. The van der Waals surface area contributed by atoms with Crippen LogP contribution < -0.4 is 0 Å². The second-order valence-electron chi connectivity index (χ2n) is 5.22. The van der Waals surface area contributed by atoms with Crippen molar-refractivity contribution in [1.82, 2.24) is 0 Å². The normalized spacial score (nSPS) is 14.4. The van der Waals surface area contributed by atoms with E-state index >= 15 is 0 Å². The number of nitrogens with zero attached hydrogens (tertiary/aromatic N) is 1. The molecule has 0 radical (unpaired) electrons. The van der Waals surface area contributed by atoms with Crippen LogP contribution in [-0.2, 0) is 26.9 Å². The van der Waals surface area contributed by atoms with Crippen molar-refractivity contribution in [3.05, 3.63) is 45.5 Å². The molecule has 0 unspecified atom stereocenters. The molecule has 2 atom stereocenters. The monoisotopic (exact) mass is 349 g/mol. The highest BCUT2D eigenvalue weighted by atomic mass is 19.4. The summed E-state index contributed by atoms with van der Waals surface area (Å²) in [5.74, 6) is -1.86. The SMILES string of the molecule is COC(OC)[C@H](C[N+](=O)[O-])[C@H](C=O)Cc1cccc(C(F)(F)F)c1. The smallest absolute Gasteiger partial charge is 0.355 e. The Bertz CT molecular complexity index is 560. The Hall–Kier alpha value is -2.00. The largest absolute Gasteiger partial charge is 0.416 e. The van der Waals surface area contributed by atoms with E-state index in [9.17, 15) is 28.1 Å². The molecular weight excluding hydrogens is 331 g/mol. The maximum atomic E-state index is 12.8. The number of hydrogen-bond donors (Lipinski definition) is 0. The highest BCUT2D eigenvalue weighted by molar-refractivity contribution is 5.55. The third-order valence-electron chi connectivity index (χ3n) is 3.62. The van der Waals surface area contributed by atoms with Gasteiger partial charge in [0.05, 0.1) is 11.5 Å². The Balaban J connectivity index is 3.06. The molecular formula is C15H18F3NO5. The number of hydrogen-bond acceptors (Lipinski definition) is 5. The lowest BCUT2D eigenvalue weighted by Gasteiger charge is -2.26. The van der Waals surface area contributed by atoms with Gasteiger partial charge in [-0.05, 0) is 18.1 Å². The molecule has 0 aliphatic rings. The zero-order valence-electron chi connectivity index (χ0n) is 13.2. The molecule has 0 N–H and O–H groups in total.